The third kappa shape index (κ3) is 16.6. The number of hydrogen-bond donors (Lipinski definition) is 1. The van der Waals surface area contributed by atoms with E-state index in [0.717, 1.165) is 0 Å². The lowest BCUT2D eigenvalue weighted by Gasteiger charge is -2.22. The van der Waals surface area contributed by atoms with E-state index in [1.807, 2.05) is 41.5 Å². The second kappa shape index (κ2) is 19.6. The van der Waals surface area contributed by atoms with Gasteiger partial charge in [0.15, 0.2) is 11.5 Å². The Bertz CT molecular complexity index is 1020. The van der Waals surface area contributed by atoms with Crippen molar-refractivity contribution in [2.75, 3.05) is 19.8 Å². The number of carbonyl (C=O) groups excluding carboxylic acids is 4. The molecule has 43 heavy (non-hydrogen) atoms. The van der Waals surface area contributed by atoms with Crippen LogP contribution in [0.15, 0.2) is 18.2 Å². The van der Waals surface area contributed by atoms with Crippen LogP contribution in [0, 0.1) is 17.8 Å². The minimum Gasteiger partial charge on any atom is -0.458 e. The molecule has 1 aromatic rings. The summed E-state index contributed by atoms with van der Waals surface area (Å²) in [5.41, 5.74) is 6.58. The van der Waals surface area contributed by atoms with Gasteiger partial charge < -0.3 is 38.9 Å². The summed E-state index contributed by atoms with van der Waals surface area (Å²) >= 11 is 0. The minimum absolute atomic E-state index is 0.00406. The van der Waals surface area contributed by atoms with Crippen LogP contribution in [0.5, 0.6) is 11.5 Å². The lowest BCUT2D eigenvalue weighted by atomic mass is 10.1. The van der Waals surface area contributed by atoms with Crippen molar-refractivity contribution in [3.8, 4) is 11.5 Å². The van der Waals surface area contributed by atoms with Crippen molar-refractivity contribution in [2.45, 2.75) is 99.3 Å². The van der Waals surface area contributed by atoms with Gasteiger partial charge in [0.1, 0.15) is 18.2 Å². The van der Waals surface area contributed by atoms with E-state index >= 15 is 0 Å². The Morgan fingerprint density at radius 2 is 1.07 bits per heavy atom. The molecule has 0 amide bonds. The first kappa shape index (κ1) is 37.5. The second-order valence-corrected chi connectivity index (χ2v) is 11.6. The first-order chi connectivity index (χ1) is 20.2. The molecule has 0 aliphatic carbocycles. The van der Waals surface area contributed by atoms with Gasteiger partial charge in [-0.2, -0.15) is 0 Å². The van der Waals surface area contributed by atoms with Gasteiger partial charge in [-0.3, -0.25) is 4.79 Å². The zero-order valence-electron chi connectivity index (χ0n) is 26.7. The molecule has 1 aromatic carbocycles. The molecule has 1 rings (SSSR count). The Morgan fingerprint density at radius 1 is 0.628 bits per heavy atom. The average molecular weight is 612 g/mol. The normalized spacial score (nSPS) is 13.2. The first-order valence-corrected chi connectivity index (χ1v) is 14.8. The molecular weight excluding hydrogens is 562 g/mol. The van der Waals surface area contributed by atoms with Gasteiger partial charge in [-0.05, 0) is 75.0 Å². The quantitative estimate of drug-likeness (QED) is 0.121. The maximum atomic E-state index is 12.7. The van der Waals surface area contributed by atoms with E-state index in [-0.39, 0.29) is 37.7 Å². The molecule has 12 nitrogen and oxygen atoms in total. The fourth-order valence-electron chi connectivity index (χ4n) is 3.20. The van der Waals surface area contributed by atoms with Crippen LogP contribution in [0.1, 0.15) is 80.2 Å². The fraction of sp³-hybridized carbons (Fsp3) is 0.677. The van der Waals surface area contributed by atoms with Crippen LogP contribution in [0.2, 0.25) is 0 Å². The molecule has 0 saturated carbocycles. The summed E-state index contributed by atoms with van der Waals surface area (Å²) in [4.78, 5) is 49.1. The Balaban J connectivity index is 2.85. The van der Waals surface area contributed by atoms with Crippen molar-refractivity contribution >= 4 is 24.4 Å². The molecule has 0 fully saturated rings. The van der Waals surface area contributed by atoms with Gasteiger partial charge in [0.05, 0.1) is 19.8 Å². The van der Waals surface area contributed by atoms with Crippen molar-refractivity contribution in [3.05, 3.63) is 23.8 Å². The molecule has 0 radical (unpaired) electrons. The lowest BCUT2D eigenvalue weighted by molar-refractivity contribution is -0.155. The van der Waals surface area contributed by atoms with Crippen LogP contribution < -0.4 is 15.2 Å². The zero-order valence-corrected chi connectivity index (χ0v) is 26.7. The van der Waals surface area contributed by atoms with E-state index in [9.17, 15) is 19.2 Å². The van der Waals surface area contributed by atoms with Crippen molar-refractivity contribution in [1.82, 2.24) is 0 Å². The molecule has 0 aliphatic rings. The van der Waals surface area contributed by atoms with Gasteiger partial charge in [-0.1, -0.05) is 47.6 Å². The predicted octanol–water partition coefficient (Wildman–Crippen LogP) is 6.20. The Labute approximate surface area is 254 Å². The molecule has 12 heteroatoms. The van der Waals surface area contributed by atoms with Crippen molar-refractivity contribution < 1.29 is 52.3 Å². The van der Waals surface area contributed by atoms with E-state index in [0.29, 0.717) is 42.6 Å². The highest BCUT2D eigenvalue weighted by atomic mass is 16.7. The number of benzene rings is 1. The number of rotatable bonds is 17. The summed E-state index contributed by atoms with van der Waals surface area (Å²) in [6.45, 7) is 15.7. The minimum atomic E-state index is -1.11. The van der Waals surface area contributed by atoms with E-state index in [1.54, 1.807) is 19.9 Å². The second-order valence-electron chi connectivity index (χ2n) is 11.6. The number of esters is 1. The number of ether oxygens (including phenoxy) is 7. The Morgan fingerprint density at radius 3 is 1.56 bits per heavy atom. The van der Waals surface area contributed by atoms with Gasteiger partial charge in [0.2, 0.25) is 0 Å². The van der Waals surface area contributed by atoms with Crippen LogP contribution >= 0.6 is 0 Å². The monoisotopic (exact) mass is 611 g/mol. The van der Waals surface area contributed by atoms with Crippen LogP contribution in [-0.4, -0.2) is 62.5 Å². The zero-order chi connectivity index (χ0) is 32.5. The van der Waals surface area contributed by atoms with Crippen LogP contribution in [0.25, 0.3) is 0 Å². The summed E-state index contributed by atoms with van der Waals surface area (Å²) in [5.74, 6) is 0.100. The van der Waals surface area contributed by atoms with Crippen molar-refractivity contribution in [1.29, 1.82) is 0 Å². The van der Waals surface area contributed by atoms with E-state index < -0.39 is 42.7 Å². The largest absolute Gasteiger partial charge is 0.513 e. The molecule has 0 unspecified atom stereocenters. The lowest BCUT2D eigenvalue weighted by Crippen LogP contribution is -2.39. The number of carbonyl (C=O) groups is 4. The average Bonchev–Trinajstić information content (AvgIpc) is 2.89. The van der Waals surface area contributed by atoms with Gasteiger partial charge in [-0.25, -0.2) is 14.4 Å². The maximum Gasteiger partial charge on any atom is 0.513 e. The van der Waals surface area contributed by atoms with Crippen LogP contribution in [0.3, 0.4) is 0 Å². The van der Waals surface area contributed by atoms with Crippen molar-refractivity contribution in [2.24, 2.45) is 23.5 Å². The summed E-state index contributed by atoms with van der Waals surface area (Å²) in [5, 5.41) is 0. The fourth-order valence-corrected chi connectivity index (χ4v) is 3.20. The molecule has 2 N–H and O–H groups in total. The number of hydrogen-bond acceptors (Lipinski definition) is 12. The molecule has 0 saturated heterocycles. The highest BCUT2D eigenvalue weighted by molar-refractivity contribution is 5.76. The molecular formula is C31H49NO11. The Kier molecular flexibility index (Phi) is 17.1. The summed E-state index contributed by atoms with van der Waals surface area (Å²) in [6.07, 6.45) is -2.37. The van der Waals surface area contributed by atoms with Gasteiger partial charge in [0.25, 0.3) is 0 Å². The standard InChI is InChI=1S/C31H49NO11/c1-19(2)11-14-37-29(34)41-23(8)22(7)40-28(33)25(32)17-24-9-10-26(42-30(35)38-15-12-20(3)4)27(18-24)43-31(36)39-16-13-21(5)6/h9-10,18-23,25H,11-17,32H2,1-8H3/t22-,23-,25-/m0/s1. The highest BCUT2D eigenvalue weighted by Gasteiger charge is 2.25. The molecule has 0 aromatic heterocycles. The molecule has 0 heterocycles. The van der Waals surface area contributed by atoms with Gasteiger partial charge in [-0.15, -0.1) is 0 Å². The summed E-state index contributed by atoms with van der Waals surface area (Å²) in [7, 11) is 0. The third-order valence-electron chi connectivity index (χ3n) is 6.14. The first-order valence-electron chi connectivity index (χ1n) is 14.8. The molecule has 244 valence electrons. The number of nitrogens with two attached hydrogens (primary N) is 1. The third-order valence-corrected chi connectivity index (χ3v) is 6.14. The van der Waals surface area contributed by atoms with E-state index in [4.69, 9.17) is 38.9 Å². The highest BCUT2D eigenvalue weighted by Crippen LogP contribution is 2.30. The Hall–Kier alpha value is -3.54. The topological polar surface area (TPSA) is 159 Å². The van der Waals surface area contributed by atoms with E-state index in [1.165, 1.54) is 12.1 Å². The smallest absolute Gasteiger partial charge is 0.458 e. The maximum absolute atomic E-state index is 12.7. The van der Waals surface area contributed by atoms with Gasteiger partial charge in [0, 0.05) is 0 Å². The molecule has 3 atom stereocenters. The van der Waals surface area contributed by atoms with Crippen molar-refractivity contribution in [3.63, 3.8) is 0 Å². The summed E-state index contributed by atoms with van der Waals surface area (Å²) < 4.78 is 36.4. The molecule has 0 bridgehead atoms. The summed E-state index contributed by atoms with van der Waals surface area (Å²) in [6, 6.07) is 3.27. The predicted molar refractivity (Wildman–Crippen MR) is 158 cm³/mol. The molecule has 0 spiro atoms. The van der Waals surface area contributed by atoms with Gasteiger partial charge >= 0.3 is 24.4 Å². The molecule has 0 aliphatic heterocycles. The SMILES string of the molecule is CC(C)CCOC(=O)Oc1ccc(C[C@H](N)C(=O)O[C@@H](C)[C@H](C)OC(=O)OCCC(C)C)cc1OC(=O)OCCC(C)C. The van der Waals surface area contributed by atoms with E-state index in [2.05, 4.69) is 0 Å². The van der Waals surface area contributed by atoms with Crippen LogP contribution in [0.4, 0.5) is 14.4 Å². The van der Waals surface area contributed by atoms with Crippen LogP contribution in [-0.2, 0) is 34.9 Å².